The molecule has 1 N–H and O–H groups in total. The van der Waals surface area contributed by atoms with Crippen molar-refractivity contribution in [3.63, 3.8) is 0 Å². The van der Waals surface area contributed by atoms with Gasteiger partial charge in [-0.15, -0.1) is 0 Å². The first-order valence-corrected chi connectivity index (χ1v) is 7.32. The van der Waals surface area contributed by atoms with Crippen molar-refractivity contribution < 1.29 is 14.7 Å². The van der Waals surface area contributed by atoms with Gasteiger partial charge in [-0.05, 0) is 17.5 Å². The quantitative estimate of drug-likeness (QED) is 0.910. The standard InChI is InChI=1S/C16H22N2O3/c1-13(19)18-8-2-7-17(9-10-18)12-15-5-3-14(4-6-15)11-16(20)21/h3-6H,2,7-12H2,1H3,(H,20,21). The van der Waals surface area contributed by atoms with Gasteiger partial charge in [0.15, 0.2) is 0 Å². The van der Waals surface area contributed by atoms with Gasteiger partial charge in [0.1, 0.15) is 0 Å². The molecule has 114 valence electrons. The highest BCUT2D eigenvalue weighted by atomic mass is 16.4. The van der Waals surface area contributed by atoms with Crippen LogP contribution in [0.15, 0.2) is 24.3 Å². The number of aliphatic carboxylic acids is 1. The number of carboxylic acids is 1. The molecule has 1 aromatic carbocycles. The summed E-state index contributed by atoms with van der Waals surface area (Å²) in [4.78, 5) is 26.3. The van der Waals surface area contributed by atoms with E-state index < -0.39 is 5.97 Å². The molecular formula is C16H22N2O3. The molecule has 1 saturated heterocycles. The Kier molecular flexibility index (Phi) is 5.33. The van der Waals surface area contributed by atoms with Crippen LogP contribution in [-0.2, 0) is 22.6 Å². The van der Waals surface area contributed by atoms with E-state index in [0.29, 0.717) is 0 Å². The molecule has 0 aromatic heterocycles. The summed E-state index contributed by atoms with van der Waals surface area (Å²) >= 11 is 0. The summed E-state index contributed by atoms with van der Waals surface area (Å²) < 4.78 is 0. The molecule has 1 aromatic rings. The number of amides is 1. The van der Waals surface area contributed by atoms with E-state index in [2.05, 4.69) is 4.90 Å². The van der Waals surface area contributed by atoms with Gasteiger partial charge in [-0.1, -0.05) is 24.3 Å². The minimum atomic E-state index is -0.806. The summed E-state index contributed by atoms with van der Waals surface area (Å²) in [6, 6.07) is 7.74. The van der Waals surface area contributed by atoms with Gasteiger partial charge in [0.25, 0.3) is 0 Å². The highest BCUT2D eigenvalue weighted by molar-refractivity contribution is 5.73. The predicted octanol–water partition coefficient (Wildman–Crippen LogP) is 1.37. The molecule has 0 radical (unpaired) electrons. The van der Waals surface area contributed by atoms with Crippen molar-refractivity contribution in [3.05, 3.63) is 35.4 Å². The molecule has 5 nitrogen and oxygen atoms in total. The number of benzene rings is 1. The van der Waals surface area contributed by atoms with E-state index >= 15 is 0 Å². The summed E-state index contributed by atoms with van der Waals surface area (Å²) in [6.45, 7) is 5.96. The third kappa shape index (κ3) is 4.86. The van der Waals surface area contributed by atoms with Gasteiger partial charge in [-0.2, -0.15) is 0 Å². The van der Waals surface area contributed by atoms with E-state index in [9.17, 15) is 9.59 Å². The van der Waals surface area contributed by atoms with Crippen molar-refractivity contribution in [3.8, 4) is 0 Å². The van der Waals surface area contributed by atoms with Gasteiger partial charge < -0.3 is 10.0 Å². The number of carbonyl (C=O) groups excluding carboxylic acids is 1. The zero-order chi connectivity index (χ0) is 15.2. The van der Waals surface area contributed by atoms with E-state index in [-0.39, 0.29) is 12.3 Å². The second-order valence-electron chi connectivity index (χ2n) is 5.52. The zero-order valence-corrected chi connectivity index (χ0v) is 12.4. The van der Waals surface area contributed by atoms with Crippen molar-refractivity contribution in [2.75, 3.05) is 26.2 Å². The van der Waals surface area contributed by atoms with E-state index in [0.717, 1.165) is 44.7 Å². The van der Waals surface area contributed by atoms with Gasteiger partial charge in [0, 0.05) is 39.6 Å². The number of hydrogen-bond acceptors (Lipinski definition) is 3. The fourth-order valence-corrected chi connectivity index (χ4v) is 2.64. The molecule has 1 aliphatic heterocycles. The maximum atomic E-state index is 11.4. The fourth-order valence-electron chi connectivity index (χ4n) is 2.64. The summed E-state index contributed by atoms with van der Waals surface area (Å²) in [7, 11) is 0. The number of nitrogens with zero attached hydrogens (tertiary/aromatic N) is 2. The topological polar surface area (TPSA) is 60.9 Å². The largest absolute Gasteiger partial charge is 0.481 e. The minimum Gasteiger partial charge on any atom is -0.481 e. The lowest BCUT2D eigenvalue weighted by atomic mass is 10.1. The Bertz CT molecular complexity index is 499. The molecule has 0 aliphatic carbocycles. The predicted molar refractivity (Wildman–Crippen MR) is 79.9 cm³/mol. The van der Waals surface area contributed by atoms with E-state index in [1.54, 1.807) is 6.92 Å². The lowest BCUT2D eigenvalue weighted by Crippen LogP contribution is -2.33. The van der Waals surface area contributed by atoms with Crippen molar-refractivity contribution >= 4 is 11.9 Å². The Labute approximate surface area is 125 Å². The molecule has 1 amide bonds. The zero-order valence-electron chi connectivity index (χ0n) is 12.4. The molecular weight excluding hydrogens is 268 g/mol. The SMILES string of the molecule is CC(=O)N1CCCN(Cc2ccc(CC(=O)O)cc2)CC1. The van der Waals surface area contributed by atoms with Gasteiger partial charge in [0.2, 0.25) is 5.91 Å². The average molecular weight is 290 g/mol. The van der Waals surface area contributed by atoms with E-state index in [1.165, 1.54) is 5.56 Å². The van der Waals surface area contributed by atoms with Gasteiger partial charge >= 0.3 is 5.97 Å². The van der Waals surface area contributed by atoms with Crippen LogP contribution < -0.4 is 0 Å². The van der Waals surface area contributed by atoms with Crippen molar-refractivity contribution in [1.29, 1.82) is 0 Å². The highest BCUT2D eigenvalue weighted by Gasteiger charge is 2.16. The smallest absolute Gasteiger partial charge is 0.307 e. The van der Waals surface area contributed by atoms with Crippen LogP contribution in [0.2, 0.25) is 0 Å². The molecule has 0 unspecified atom stereocenters. The number of rotatable bonds is 4. The Balaban J connectivity index is 1.89. The first kappa shape index (κ1) is 15.5. The molecule has 1 heterocycles. The molecule has 0 spiro atoms. The van der Waals surface area contributed by atoms with Crippen LogP contribution in [0.25, 0.3) is 0 Å². The Morgan fingerprint density at radius 3 is 2.33 bits per heavy atom. The van der Waals surface area contributed by atoms with Gasteiger partial charge in [0.05, 0.1) is 6.42 Å². The first-order chi connectivity index (χ1) is 10.0. The van der Waals surface area contributed by atoms with Gasteiger partial charge in [-0.25, -0.2) is 0 Å². The number of hydrogen-bond donors (Lipinski definition) is 1. The Hall–Kier alpha value is -1.88. The maximum Gasteiger partial charge on any atom is 0.307 e. The fraction of sp³-hybridized carbons (Fsp3) is 0.500. The number of carbonyl (C=O) groups is 2. The average Bonchev–Trinajstić information content (AvgIpc) is 2.66. The van der Waals surface area contributed by atoms with Crippen molar-refractivity contribution in [2.24, 2.45) is 0 Å². The van der Waals surface area contributed by atoms with Crippen molar-refractivity contribution in [2.45, 2.75) is 26.3 Å². The second-order valence-corrected chi connectivity index (χ2v) is 5.52. The van der Waals surface area contributed by atoms with Gasteiger partial charge in [-0.3, -0.25) is 14.5 Å². The van der Waals surface area contributed by atoms with Crippen LogP contribution in [0.1, 0.15) is 24.5 Å². The van der Waals surface area contributed by atoms with Crippen LogP contribution in [0.3, 0.4) is 0 Å². The lowest BCUT2D eigenvalue weighted by Gasteiger charge is -2.21. The molecule has 0 bridgehead atoms. The monoisotopic (exact) mass is 290 g/mol. The summed E-state index contributed by atoms with van der Waals surface area (Å²) in [6.07, 6.45) is 1.06. The van der Waals surface area contributed by atoms with Crippen LogP contribution in [-0.4, -0.2) is 53.0 Å². The molecule has 5 heteroatoms. The third-order valence-electron chi connectivity index (χ3n) is 3.82. The molecule has 2 rings (SSSR count). The van der Waals surface area contributed by atoms with Crippen LogP contribution in [0, 0.1) is 0 Å². The van der Waals surface area contributed by atoms with E-state index in [1.807, 2.05) is 29.2 Å². The van der Waals surface area contributed by atoms with Crippen molar-refractivity contribution in [1.82, 2.24) is 9.80 Å². The van der Waals surface area contributed by atoms with Crippen LogP contribution in [0.4, 0.5) is 0 Å². The minimum absolute atomic E-state index is 0.0670. The van der Waals surface area contributed by atoms with E-state index in [4.69, 9.17) is 5.11 Å². The summed E-state index contributed by atoms with van der Waals surface area (Å²) in [5.41, 5.74) is 2.00. The normalized spacial score (nSPS) is 16.5. The molecule has 0 saturated carbocycles. The van der Waals surface area contributed by atoms with Crippen LogP contribution in [0.5, 0.6) is 0 Å². The lowest BCUT2D eigenvalue weighted by molar-refractivity contribution is -0.136. The molecule has 1 aliphatic rings. The molecule has 21 heavy (non-hydrogen) atoms. The van der Waals surface area contributed by atoms with Crippen LogP contribution >= 0.6 is 0 Å². The summed E-state index contributed by atoms with van der Waals surface area (Å²) in [5, 5.41) is 8.76. The first-order valence-electron chi connectivity index (χ1n) is 7.32. The highest BCUT2D eigenvalue weighted by Crippen LogP contribution is 2.11. The maximum absolute atomic E-state index is 11.4. The summed E-state index contributed by atoms with van der Waals surface area (Å²) in [5.74, 6) is -0.658. The third-order valence-corrected chi connectivity index (χ3v) is 3.82. The molecule has 0 atom stereocenters. The second kappa shape index (κ2) is 7.22. The molecule has 1 fully saturated rings. The number of carboxylic acid groups (broad SMARTS) is 1. The Morgan fingerprint density at radius 1 is 1.05 bits per heavy atom. The Morgan fingerprint density at radius 2 is 1.71 bits per heavy atom.